The molecule has 0 saturated heterocycles. The summed E-state index contributed by atoms with van der Waals surface area (Å²) in [4.78, 5) is 0. The third kappa shape index (κ3) is 3.46. The number of fused-ring (bicyclic) bond motifs is 10. The summed E-state index contributed by atoms with van der Waals surface area (Å²) in [6.07, 6.45) is 11.0. The van der Waals surface area contributed by atoms with Crippen LogP contribution in [0.25, 0.3) is 82.4 Å². The smallest absolute Gasteiger partial charge is 0.0607 e. The number of para-hydroxylation sites is 3. The van der Waals surface area contributed by atoms with Crippen LogP contribution in [0.5, 0.6) is 0 Å². The molecule has 3 nitrogen and oxygen atoms in total. The molecule has 0 aliphatic heterocycles. The van der Waals surface area contributed by atoms with Gasteiger partial charge in [0.2, 0.25) is 0 Å². The molecule has 0 radical (unpaired) electrons. The Hall–Kier alpha value is -5.80. The summed E-state index contributed by atoms with van der Waals surface area (Å²) in [7, 11) is 0. The molecular formula is C42H29N3. The molecule has 1 aliphatic rings. The van der Waals surface area contributed by atoms with E-state index in [2.05, 4.69) is 166 Å². The highest BCUT2D eigenvalue weighted by Crippen LogP contribution is 2.41. The number of nitrogens with zero attached hydrogens (tertiary/aromatic N) is 3. The number of benzene rings is 6. The third-order valence-corrected chi connectivity index (χ3v) is 9.71. The van der Waals surface area contributed by atoms with Crippen LogP contribution in [0.3, 0.4) is 0 Å². The Kier molecular flexibility index (Phi) is 5.11. The van der Waals surface area contributed by atoms with E-state index in [0.717, 1.165) is 12.8 Å². The van der Waals surface area contributed by atoms with Crippen LogP contribution in [0, 0.1) is 0 Å². The SMILES string of the molecule is C1=CCCC(n2c3ccccc3c3cc(-n4c5ccccc5c5c6ccc7ccn(-c8ccccc8)c7c6ccc54)ccc32)=C1. The van der Waals surface area contributed by atoms with Crippen molar-refractivity contribution in [3.05, 3.63) is 152 Å². The molecule has 0 atom stereocenters. The topological polar surface area (TPSA) is 14.8 Å². The van der Waals surface area contributed by atoms with Crippen LogP contribution in [-0.4, -0.2) is 13.7 Å². The molecule has 0 amide bonds. The zero-order valence-electron chi connectivity index (χ0n) is 24.7. The lowest BCUT2D eigenvalue weighted by Gasteiger charge is -2.14. The zero-order valence-corrected chi connectivity index (χ0v) is 24.7. The molecular weight excluding hydrogens is 546 g/mol. The summed E-state index contributed by atoms with van der Waals surface area (Å²) < 4.78 is 7.24. The minimum atomic E-state index is 1.05. The van der Waals surface area contributed by atoms with Gasteiger partial charge in [0.25, 0.3) is 0 Å². The summed E-state index contributed by atoms with van der Waals surface area (Å²) in [5, 5.41) is 8.95. The second kappa shape index (κ2) is 9.35. The quantitative estimate of drug-likeness (QED) is 0.199. The first kappa shape index (κ1) is 24.6. The lowest BCUT2D eigenvalue weighted by Crippen LogP contribution is -1.99. The van der Waals surface area contributed by atoms with E-state index in [1.165, 1.54) is 82.4 Å². The van der Waals surface area contributed by atoms with Gasteiger partial charge in [-0.25, -0.2) is 0 Å². The van der Waals surface area contributed by atoms with Gasteiger partial charge in [-0.1, -0.05) is 84.9 Å². The molecule has 45 heavy (non-hydrogen) atoms. The normalized spacial score (nSPS) is 13.6. The van der Waals surface area contributed by atoms with Crippen molar-refractivity contribution < 1.29 is 0 Å². The van der Waals surface area contributed by atoms with Gasteiger partial charge < -0.3 is 13.7 Å². The second-order valence-corrected chi connectivity index (χ2v) is 12.1. The van der Waals surface area contributed by atoms with Crippen molar-refractivity contribution in [3.8, 4) is 11.4 Å². The van der Waals surface area contributed by atoms with E-state index >= 15 is 0 Å². The van der Waals surface area contributed by atoms with Crippen LogP contribution in [0.1, 0.15) is 12.8 Å². The van der Waals surface area contributed by atoms with Gasteiger partial charge in [0.15, 0.2) is 0 Å². The van der Waals surface area contributed by atoms with Crippen molar-refractivity contribution in [1.82, 2.24) is 13.7 Å². The van der Waals surface area contributed by atoms with Crippen LogP contribution < -0.4 is 0 Å². The minimum absolute atomic E-state index is 1.05. The first-order chi connectivity index (χ1) is 22.3. The van der Waals surface area contributed by atoms with E-state index in [4.69, 9.17) is 0 Å². The van der Waals surface area contributed by atoms with E-state index in [0.29, 0.717) is 0 Å². The summed E-state index contributed by atoms with van der Waals surface area (Å²) in [5.74, 6) is 0. The van der Waals surface area contributed by atoms with E-state index in [-0.39, 0.29) is 0 Å². The highest BCUT2D eigenvalue weighted by atomic mass is 15.0. The highest BCUT2D eigenvalue weighted by Gasteiger charge is 2.19. The van der Waals surface area contributed by atoms with Crippen molar-refractivity contribution in [2.45, 2.75) is 12.8 Å². The van der Waals surface area contributed by atoms with Gasteiger partial charge in [-0.15, -0.1) is 0 Å². The second-order valence-electron chi connectivity index (χ2n) is 12.1. The summed E-state index contributed by atoms with van der Waals surface area (Å²) >= 11 is 0. The zero-order chi connectivity index (χ0) is 29.5. The molecule has 3 heterocycles. The number of hydrogen-bond donors (Lipinski definition) is 0. The molecule has 3 aromatic heterocycles. The summed E-state index contributed by atoms with van der Waals surface area (Å²) in [6, 6.07) is 46.8. The van der Waals surface area contributed by atoms with Gasteiger partial charge in [-0.05, 0) is 78.9 Å². The molecule has 0 fully saturated rings. The lowest BCUT2D eigenvalue weighted by atomic mass is 10.0. The molecule has 0 bridgehead atoms. The van der Waals surface area contributed by atoms with Gasteiger partial charge >= 0.3 is 0 Å². The first-order valence-electron chi connectivity index (χ1n) is 15.8. The average Bonchev–Trinajstić information content (AvgIpc) is 3.79. The monoisotopic (exact) mass is 575 g/mol. The maximum Gasteiger partial charge on any atom is 0.0607 e. The molecule has 3 heteroatoms. The molecule has 10 rings (SSSR count). The van der Waals surface area contributed by atoms with Crippen LogP contribution >= 0.6 is 0 Å². The molecule has 6 aromatic carbocycles. The fourth-order valence-corrected chi connectivity index (χ4v) is 7.77. The number of hydrogen-bond acceptors (Lipinski definition) is 0. The maximum atomic E-state index is 2.46. The van der Waals surface area contributed by atoms with Gasteiger partial charge in [-0.2, -0.15) is 0 Å². The van der Waals surface area contributed by atoms with E-state index in [1.54, 1.807) is 0 Å². The largest absolute Gasteiger partial charge is 0.316 e. The van der Waals surface area contributed by atoms with Gasteiger partial charge in [0.1, 0.15) is 0 Å². The molecule has 0 unspecified atom stereocenters. The maximum absolute atomic E-state index is 2.46. The van der Waals surface area contributed by atoms with Crippen molar-refractivity contribution in [3.63, 3.8) is 0 Å². The lowest BCUT2D eigenvalue weighted by molar-refractivity contribution is 0.979. The molecule has 1 aliphatic carbocycles. The molecule has 0 spiro atoms. The Morgan fingerprint density at radius 2 is 1.22 bits per heavy atom. The van der Waals surface area contributed by atoms with Crippen LogP contribution in [-0.2, 0) is 0 Å². The standard InChI is InChI=1S/C42H29N3/c1-3-11-29(12-4-1)43-26-25-28-19-21-33-34(42(28)43)22-24-40-41(33)35-16-8-10-18-38(35)45(40)31-20-23-39-36(27-31)32-15-7-9-17-37(32)44(39)30-13-5-2-6-14-30/h1-5,7-13,15-27H,6,14H2. The predicted octanol–water partition coefficient (Wildman–Crippen LogP) is 11.2. The molecule has 9 aromatic rings. The average molecular weight is 576 g/mol. The minimum Gasteiger partial charge on any atom is -0.316 e. The Bertz CT molecular complexity index is 2690. The summed E-state index contributed by atoms with van der Waals surface area (Å²) in [5.41, 5.74) is 9.94. The van der Waals surface area contributed by atoms with Crippen LogP contribution in [0.2, 0.25) is 0 Å². The van der Waals surface area contributed by atoms with Crippen LogP contribution in [0.15, 0.2) is 152 Å². The first-order valence-corrected chi connectivity index (χ1v) is 15.8. The van der Waals surface area contributed by atoms with E-state index in [1.807, 2.05) is 0 Å². The van der Waals surface area contributed by atoms with E-state index < -0.39 is 0 Å². The van der Waals surface area contributed by atoms with Crippen molar-refractivity contribution in [2.24, 2.45) is 0 Å². The molecule has 212 valence electrons. The third-order valence-electron chi connectivity index (χ3n) is 9.71. The number of aromatic nitrogens is 3. The fraction of sp³-hybridized carbons (Fsp3) is 0.0476. The van der Waals surface area contributed by atoms with Crippen molar-refractivity contribution >= 4 is 71.0 Å². The van der Waals surface area contributed by atoms with Gasteiger partial charge in [-0.3, -0.25) is 0 Å². The Labute approximate surface area is 260 Å². The van der Waals surface area contributed by atoms with Gasteiger partial charge in [0, 0.05) is 55.6 Å². The fourth-order valence-electron chi connectivity index (χ4n) is 7.77. The molecule has 0 saturated carbocycles. The number of allylic oxidation sites excluding steroid dienone is 4. The highest BCUT2D eigenvalue weighted by molar-refractivity contribution is 6.25. The van der Waals surface area contributed by atoms with E-state index in [9.17, 15) is 0 Å². The Morgan fingerprint density at radius 1 is 0.489 bits per heavy atom. The molecule has 0 N–H and O–H groups in total. The Morgan fingerprint density at radius 3 is 2.07 bits per heavy atom. The van der Waals surface area contributed by atoms with Crippen LogP contribution in [0.4, 0.5) is 0 Å². The number of rotatable bonds is 3. The van der Waals surface area contributed by atoms with Crippen molar-refractivity contribution in [2.75, 3.05) is 0 Å². The predicted molar refractivity (Wildman–Crippen MR) is 191 cm³/mol. The van der Waals surface area contributed by atoms with Gasteiger partial charge in [0.05, 0.1) is 27.6 Å². The van der Waals surface area contributed by atoms with Crippen molar-refractivity contribution in [1.29, 1.82) is 0 Å². The summed E-state index contributed by atoms with van der Waals surface area (Å²) in [6.45, 7) is 0. The Balaban J connectivity index is 1.27.